The second kappa shape index (κ2) is 5.83. The van der Waals surface area contributed by atoms with Crippen molar-refractivity contribution < 1.29 is 18.0 Å². The zero-order valence-corrected chi connectivity index (χ0v) is 11.2. The molecule has 0 aliphatic carbocycles. The molecular weight excluding hydrogens is 269 g/mol. The summed E-state index contributed by atoms with van der Waals surface area (Å²) in [6.07, 6.45) is 2.46. The van der Waals surface area contributed by atoms with Gasteiger partial charge in [-0.3, -0.25) is 4.79 Å². The molecule has 1 aromatic rings. The highest BCUT2D eigenvalue weighted by Crippen LogP contribution is 2.26. The zero-order valence-electron chi connectivity index (χ0n) is 11.2. The topological polar surface area (TPSA) is 46.3 Å². The number of piperidine rings is 1. The van der Waals surface area contributed by atoms with Crippen molar-refractivity contribution in [1.82, 2.24) is 4.90 Å². The Morgan fingerprint density at radius 3 is 2.65 bits per heavy atom. The molecular formula is C14H17F3N2O. The van der Waals surface area contributed by atoms with Crippen LogP contribution in [0.3, 0.4) is 0 Å². The number of nitrogens with two attached hydrogens (primary N) is 1. The summed E-state index contributed by atoms with van der Waals surface area (Å²) in [4.78, 5) is 13.9. The Morgan fingerprint density at radius 1 is 1.30 bits per heavy atom. The van der Waals surface area contributed by atoms with Crippen LogP contribution in [0.4, 0.5) is 13.2 Å². The number of halogens is 3. The molecule has 1 heterocycles. The van der Waals surface area contributed by atoms with E-state index in [1.54, 1.807) is 0 Å². The number of hydrogen-bond donors (Lipinski definition) is 1. The van der Waals surface area contributed by atoms with Crippen molar-refractivity contribution in [2.24, 2.45) is 5.73 Å². The standard InChI is InChI=1S/C14H17F3N2O/c1-8-3-2-4-9(7-18)19(8)14(20)10-5-6-11(15)13(17)12(10)16/h5-6,8-9H,2-4,7,18H2,1H3. The quantitative estimate of drug-likeness (QED) is 0.849. The van der Waals surface area contributed by atoms with E-state index in [0.29, 0.717) is 0 Å². The summed E-state index contributed by atoms with van der Waals surface area (Å²) in [5, 5.41) is 0. The molecule has 0 saturated carbocycles. The third-order valence-corrected chi connectivity index (χ3v) is 3.80. The van der Waals surface area contributed by atoms with Gasteiger partial charge in [0.15, 0.2) is 17.5 Å². The van der Waals surface area contributed by atoms with Gasteiger partial charge in [-0.2, -0.15) is 0 Å². The van der Waals surface area contributed by atoms with Crippen LogP contribution in [0.1, 0.15) is 36.5 Å². The minimum absolute atomic E-state index is 0.0997. The number of likely N-dealkylation sites (tertiary alicyclic amines) is 1. The van der Waals surface area contributed by atoms with E-state index in [0.717, 1.165) is 31.4 Å². The summed E-state index contributed by atoms with van der Waals surface area (Å²) >= 11 is 0. The van der Waals surface area contributed by atoms with Crippen LogP contribution in [-0.2, 0) is 0 Å². The number of carbonyl (C=O) groups excluding carboxylic acids is 1. The van der Waals surface area contributed by atoms with Gasteiger partial charge in [0, 0.05) is 18.6 Å². The number of benzene rings is 1. The van der Waals surface area contributed by atoms with Gasteiger partial charge in [-0.05, 0) is 38.3 Å². The molecule has 20 heavy (non-hydrogen) atoms. The largest absolute Gasteiger partial charge is 0.332 e. The lowest BCUT2D eigenvalue weighted by Gasteiger charge is -2.40. The first kappa shape index (κ1) is 14.8. The van der Waals surface area contributed by atoms with Gasteiger partial charge >= 0.3 is 0 Å². The van der Waals surface area contributed by atoms with E-state index < -0.39 is 28.9 Å². The summed E-state index contributed by atoms with van der Waals surface area (Å²) in [6.45, 7) is 2.11. The molecule has 0 radical (unpaired) electrons. The highest BCUT2D eigenvalue weighted by molar-refractivity contribution is 5.95. The summed E-state index contributed by atoms with van der Waals surface area (Å²) in [7, 11) is 0. The molecule has 2 unspecified atom stereocenters. The van der Waals surface area contributed by atoms with E-state index in [2.05, 4.69) is 0 Å². The van der Waals surface area contributed by atoms with E-state index >= 15 is 0 Å². The Bertz CT molecular complexity index is 521. The molecule has 1 aromatic carbocycles. The molecule has 0 aromatic heterocycles. The highest BCUT2D eigenvalue weighted by Gasteiger charge is 2.33. The van der Waals surface area contributed by atoms with Gasteiger partial charge in [-0.25, -0.2) is 13.2 Å². The first-order valence-electron chi connectivity index (χ1n) is 6.63. The summed E-state index contributed by atoms with van der Waals surface area (Å²) in [6, 6.07) is 1.44. The third-order valence-electron chi connectivity index (χ3n) is 3.80. The van der Waals surface area contributed by atoms with Crippen LogP contribution in [0.2, 0.25) is 0 Å². The summed E-state index contributed by atoms with van der Waals surface area (Å²) in [5.41, 5.74) is 5.19. The Kier molecular flexibility index (Phi) is 4.32. The molecule has 2 N–H and O–H groups in total. The first-order chi connectivity index (χ1) is 9.47. The maximum Gasteiger partial charge on any atom is 0.257 e. The van der Waals surface area contributed by atoms with Crippen LogP contribution in [0, 0.1) is 17.5 Å². The molecule has 110 valence electrons. The van der Waals surface area contributed by atoms with Gasteiger partial charge in [0.1, 0.15) is 0 Å². The van der Waals surface area contributed by atoms with Crippen LogP contribution in [-0.4, -0.2) is 29.4 Å². The van der Waals surface area contributed by atoms with Gasteiger partial charge in [0.25, 0.3) is 5.91 Å². The molecule has 0 spiro atoms. The minimum atomic E-state index is -1.62. The first-order valence-corrected chi connectivity index (χ1v) is 6.63. The fraction of sp³-hybridized carbons (Fsp3) is 0.500. The normalized spacial score (nSPS) is 22.9. The van der Waals surface area contributed by atoms with Crippen molar-refractivity contribution in [3.8, 4) is 0 Å². The van der Waals surface area contributed by atoms with Crippen molar-refractivity contribution in [1.29, 1.82) is 0 Å². The van der Waals surface area contributed by atoms with Crippen LogP contribution in [0.5, 0.6) is 0 Å². The van der Waals surface area contributed by atoms with Crippen molar-refractivity contribution in [3.63, 3.8) is 0 Å². The van der Waals surface area contributed by atoms with Crippen molar-refractivity contribution in [2.75, 3.05) is 6.54 Å². The van der Waals surface area contributed by atoms with E-state index in [9.17, 15) is 18.0 Å². The molecule has 2 rings (SSSR count). The average Bonchev–Trinajstić information content (AvgIpc) is 2.44. The Hall–Kier alpha value is -1.56. The molecule has 2 atom stereocenters. The molecule has 1 aliphatic heterocycles. The number of nitrogens with zero attached hydrogens (tertiary/aromatic N) is 1. The van der Waals surface area contributed by atoms with Crippen LogP contribution in [0.25, 0.3) is 0 Å². The molecule has 1 fully saturated rings. The second-order valence-corrected chi connectivity index (χ2v) is 5.10. The molecule has 1 aliphatic rings. The number of carbonyl (C=O) groups is 1. The Labute approximate surface area is 115 Å². The van der Waals surface area contributed by atoms with Crippen LogP contribution < -0.4 is 5.73 Å². The SMILES string of the molecule is CC1CCCC(CN)N1C(=O)c1ccc(F)c(F)c1F. The predicted molar refractivity (Wildman–Crippen MR) is 68.6 cm³/mol. The van der Waals surface area contributed by atoms with Gasteiger partial charge in [-0.15, -0.1) is 0 Å². The Balaban J connectivity index is 2.37. The van der Waals surface area contributed by atoms with Gasteiger partial charge < -0.3 is 10.6 Å². The minimum Gasteiger partial charge on any atom is -0.332 e. The van der Waals surface area contributed by atoms with E-state index in [-0.39, 0.29) is 18.6 Å². The predicted octanol–water partition coefficient (Wildman–Crippen LogP) is 2.45. The fourth-order valence-electron chi connectivity index (χ4n) is 2.71. The fourth-order valence-corrected chi connectivity index (χ4v) is 2.71. The lowest BCUT2D eigenvalue weighted by Crippen LogP contribution is -2.52. The molecule has 1 amide bonds. The smallest absolute Gasteiger partial charge is 0.257 e. The van der Waals surface area contributed by atoms with Gasteiger partial charge in [-0.1, -0.05) is 0 Å². The molecule has 1 saturated heterocycles. The summed E-state index contributed by atoms with van der Waals surface area (Å²) < 4.78 is 39.9. The van der Waals surface area contributed by atoms with Crippen molar-refractivity contribution in [2.45, 2.75) is 38.3 Å². The molecule has 6 heteroatoms. The number of amides is 1. The van der Waals surface area contributed by atoms with E-state index in [1.165, 1.54) is 4.90 Å². The van der Waals surface area contributed by atoms with Crippen molar-refractivity contribution >= 4 is 5.91 Å². The van der Waals surface area contributed by atoms with E-state index in [1.807, 2.05) is 6.92 Å². The van der Waals surface area contributed by atoms with E-state index in [4.69, 9.17) is 5.73 Å². The Morgan fingerprint density at radius 2 is 2.00 bits per heavy atom. The van der Waals surface area contributed by atoms with Crippen LogP contribution in [0.15, 0.2) is 12.1 Å². The zero-order chi connectivity index (χ0) is 14.9. The lowest BCUT2D eigenvalue weighted by molar-refractivity contribution is 0.0488. The van der Waals surface area contributed by atoms with Gasteiger partial charge in [0.2, 0.25) is 0 Å². The molecule has 3 nitrogen and oxygen atoms in total. The number of hydrogen-bond acceptors (Lipinski definition) is 2. The highest BCUT2D eigenvalue weighted by atomic mass is 19.2. The van der Waals surface area contributed by atoms with Gasteiger partial charge in [0.05, 0.1) is 5.56 Å². The summed E-state index contributed by atoms with van der Waals surface area (Å²) in [5.74, 6) is -5.00. The van der Waals surface area contributed by atoms with Crippen molar-refractivity contribution in [3.05, 3.63) is 35.1 Å². The number of rotatable bonds is 2. The maximum atomic E-state index is 13.7. The second-order valence-electron chi connectivity index (χ2n) is 5.10. The maximum absolute atomic E-state index is 13.7. The monoisotopic (exact) mass is 286 g/mol. The molecule has 0 bridgehead atoms. The van der Waals surface area contributed by atoms with Crippen LogP contribution >= 0.6 is 0 Å². The lowest BCUT2D eigenvalue weighted by atomic mass is 9.95. The average molecular weight is 286 g/mol. The third kappa shape index (κ3) is 2.52.